The molecule has 1 aliphatic carbocycles. The molecule has 1 saturated heterocycles. The van der Waals surface area contributed by atoms with Crippen molar-refractivity contribution in [2.75, 3.05) is 25.0 Å². The van der Waals surface area contributed by atoms with Gasteiger partial charge in [-0.05, 0) is 68.9 Å². The number of nitrogens with zero attached hydrogens (tertiary/aromatic N) is 4. The zero-order valence-electron chi connectivity index (χ0n) is 31.5. The summed E-state index contributed by atoms with van der Waals surface area (Å²) < 4.78 is 7.19. The number of amides is 5. The van der Waals surface area contributed by atoms with E-state index in [2.05, 4.69) is 21.0 Å². The Morgan fingerprint density at radius 2 is 1.60 bits per heavy atom. The minimum atomic E-state index is -0.842. The van der Waals surface area contributed by atoms with Gasteiger partial charge in [-0.25, -0.2) is 4.79 Å². The highest BCUT2D eigenvalue weighted by Crippen LogP contribution is 2.29. The third-order valence-corrected chi connectivity index (χ3v) is 9.86. The van der Waals surface area contributed by atoms with Crippen LogP contribution in [-0.4, -0.2) is 86.6 Å². The van der Waals surface area contributed by atoms with Gasteiger partial charge in [0.25, 0.3) is 5.91 Å². The molecule has 0 spiro atoms. The average molecular weight is 728 g/mol. The predicted octanol–water partition coefficient (Wildman–Crippen LogP) is 5.00. The van der Waals surface area contributed by atoms with Gasteiger partial charge >= 0.3 is 6.09 Å². The molecule has 2 aliphatic rings. The normalized spacial score (nSPS) is 17.7. The molecule has 1 aliphatic heterocycles. The largest absolute Gasteiger partial charge is 0.444 e. The minimum Gasteiger partial charge on any atom is -0.444 e. The van der Waals surface area contributed by atoms with E-state index in [1.807, 2.05) is 63.2 Å². The van der Waals surface area contributed by atoms with E-state index in [9.17, 15) is 24.0 Å². The van der Waals surface area contributed by atoms with Gasteiger partial charge in [0.1, 0.15) is 23.4 Å². The lowest BCUT2D eigenvalue weighted by Gasteiger charge is -2.42. The monoisotopic (exact) mass is 727 g/mol. The highest BCUT2D eigenvalue weighted by atomic mass is 16.6. The highest BCUT2D eigenvalue weighted by molar-refractivity contribution is 6.00. The van der Waals surface area contributed by atoms with E-state index in [-0.39, 0.29) is 62.0 Å². The van der Waals surface area contributed by atoms with Crippen LogP contribution in [-0.2, 0) is 32.6 Å². The number of carbonyl (C=O) groups excluding carboxylic acids is 5. The number of aryl methyl sites for hydroxylation is 1. The smallest absolute Gasteiger partial charge is 0.410 e. The van der Waals surface area contributed by atoms with Crippen molar-refractivity contribution in [3.05, 3.63) is 83.7 Å². The first-order chi connectivity index (χ1) is 25.3. The van der Waals surface area contributed by atoms with Crippen LogP contribution in [0.25, 0.3) is 0 Å². The van der Waals surface area contributed by atoms with E-state index in [0.717, 1.165) is 43.2 Å². The molecule has 2 fully saturated rings. The molecular weight excluding hydrogens is 674 g/mol. The molecule has 1 aromatic heterocycles. The Morgan fingerprint density at radius 3 is 2.23 bits per heavy atom. The third-order valence-electron chi connectivity index (χ3n) is 9.86. The van der Waals surface area contributed by atoms with E-state index < -0.39 is 29.8 Å². The molecule has 3 aromatic rings. The van der Waals surface area contributed by atoms with Crippen molar-refractivity contribution in [1.29, 1.82) is 0 Å². The summed E-state index contributed by atoms with van der Waals surface area (Å²) in [6.45, 7) is 8.00. The second-order valence-corrected chi connectivity index (χ2v) is 14.9. The number of carbonyl (C=O) groups is 5. The molecule has 5 rings (SSSR count). The first-order valence-corrected chi connectivity index (χ1v) is 18.6. The van der Waals surface area contributed by atoms with Crippen molar-refractivity contribution in [2.45, 2.75) is 96.4 Å². The summed E-state index contributed by atoms with van der Waals surface area (Å²) >= 11 is 0. The fraction of sp³-hybridized carbons (Fsp3) is 0.500. The summed E-state index contributed by atoms with van der Waals surface area (Å²) in [7, 11) is 1.69. The number of anilines is 1. The van der Waals surface area contributed by atoms with Gasteiger partial charge in [-0.1, -0.05) is 68.7 Å². The van der Waals surface area contributed by atoms with Crippen molar-refractivity contribution < 1.29 is 28.7 Å². The molecular formula is C40H53N7O6. The van der Waals surface area contributed by atoms with Crippen molar-refractivity contribution in [3.8, 4) is 0 Å². The minimum absolute atomic E-state index is 0.0154. The lowest BCUT2D eigenvalue weighted by Crippen LogP contribution is -2.57. The molecule has 13 heteroatoms. The highest BCUT2D eigenvalue weighted by Gasteiger charge is 2.38. The Labute approximate surface area is 311 Å². The molecule has 2 heterocycles. The summed E-state index contributed by atoms with van der Waals surface area (Å²) in [4.78, 5) is 70.2. The van der Waals surface area contributed by atoms with Gasteiger partial charge in [0.15, 0.2) is 0 Å². The number of nitrogens with one attached hydrogen (secondary N) is 3. The van der Waals surface area contributed by atoms with Crippen molar-refractivity contribution in [2.24, 2.45) is 13.0 Å². The van der Waals surface area contributed by atoms with Crippen molar-refractivity contribution >= 4 is 35.4 Å². The first-order valence-electron chi connectivity index (χ1n) is 18.6. The van der Waals surface area contributed by atoms with Gasteiger partial charge in [0.2, 0.25) is 17.7 Å². The quantitative estimate of drug-likeness (QED) is 0.251. The number of benzene rings is 2. The van der Waals surface area contributed by atoms with Crippen molar-refractivity contribution in [1.82, 2.24) is 30.2 Å². The van der Waals surface area contributed by atoms with E-state index in [0.29, 0.717) is 11.4 Å². The lowest BCUT2D eigenvalue weighted by atomic mass is 9.83. The Hall–Kier alpha value is -5.20. The van der Waals surface area contributed by atoms with Crippen LogP contribution >= 0.6 is 0 Å². The topological polar surface area (TPSA) is 155 Å². The van der Waals surface area contributed by atoms with Gasteiger partial charge in [-0.3, -0.25) is 28.8 Å². The zero-order valence-corrected chi connectivity index (χ0v) is 31.5. The maximum Gasteiger partial charge on any atom is 0.410 e. The number of piperazine rings is 1. The van der Waals surface area contributed by atoms with Crippen LogP contribution in [0.2, 0.25) is 0 Å². The summed E-state index contributed by atoms with van der Waals surface area (Å²) in [6, 6.07) is 16.4. The standard InChI is InChI=1S/C40H53N7O6/c1-6-34(48)43-31(38(51)46-23-24-47(39(52)53-40(2,3)4)33(26-46)28-13-9-7-10-14-28)25-27-17-19-30(20-18-27)42-37(50)35(29-15-11-8-12-16-29)44-36(49)32-21-22-41-45(32)5/h7,9-10,13-14,17-22,29,31,33,35H,6,8,11-12,15-16,23-26H2,1-5H3,(H,42,50)(H,43,48)(H,44,49)/t31-,33-,35+/m1/s1. The lowest BCUT2D eigenvalue weighted by molar-refractivity contribution is -0.139. The first kappa shape index (κ1) is 39.0. The molecule has 3 N–H and O–H groups in total. The van der Waals surface area contributed by atoms with Gasteiger partial charge in [0, 0.05) is 51.4 Å². The average Bonchev–Trinajstić information content (AvgIpc) is 3.59. The van der Waals surface area contributed by atoms with Gasteiger partial charge < -0.3 is 25.6 Å². The van der Waals surface area contributed by atoms with Gasteiger partial charge in [-0.15, -0.1) is 0 Å². The Balaban J connectivity index is 1.28. The maximum absolute atomic E-state index is 14.1. The Morgan fingerprint density at radius 1 is 0.906 bits per heavy atom. The molecule has 5 amide bonds. The van der Waals surface area contributed by atoms with E-state index in [1.165, 1.54) is 4.68 Å². The van der Waals surface area contributed by atoms with E-state index in [1.54, 1.807) is 48.2 Å². The number of rotatable bonds is 11. The number of hydrogen-bond acceptors (Lipinski definition) is 7. The maximum atomic E-state index is 14.1. The Bertz CT molecular complexity index is 1730. The SMILES string of the molecule is CCC(=O)N[C@H](Cc1ccc(NC(=O)[C@@H](NC(=O)c2ccnn2C)C2CCCCC2)cc1)C(=O)N1CCN(C(=O)OC(C)(C)C)[C@@H](c2ccccc2)C1. The van der Waals surface area contributed by atoms with Crippen LogP contribution in [0.15, 0.2) is 66.9 Å². The fourth-order valence-corrected chi connectivity index (χ4v) is 7.06. The van der Waals surface area contributed by atoms with Crippen LogP contribution in [0.3, 0.4) is 0 Å². The predicted molar refractivity (Wildman–Crippen MR) is 201 cm³/mol. The van der Waals surface area contributed by atoms with Crippen molar-refractivity contribution in [3.63, 3.8) is 0 Å². The van der Waals surface area contributed by atoms with Crippen LogP contribution < -0.4 is 16.0 Å². The molecule has 53 heavy (non-hydrogen) atoms. The van der Waals surface area contributed by atoms with Crippen LogP contribution in [0.4, 0.5) is 10.5 Å². The van der Waals surface area contributed by atoms with E-state index in [4.69, 9.17) is 4.74 Å². The van der Waals surface area contributed by atoms with Crippen LogP contribution in [0.1, 0.15) is 93.9 Å². The molecule has 0 bridgehead atoms. The fourth-order valence-electron chi connectivity index (χ4n) is 7.06. The molecule has 1 saturated carbocycles. The molecule has 13 nitrogen and oxygen atoms in total. The number of ether oxygens (including phenoxy) is 1. The molecule has 284 valence electrons. The van der Waals surface area contributed by atoms with Gasteiger partial charge in [0.05, 0.1) is 6.04 Å². The number of aromatic nitrogens is 2. The van der Waals surface area contributed by atoms with Crippen LogP contribution in [0, 0.1) is 5.92 Å². The van der Waals surface area contributed by atoms with Gasteiger partial charge in [-0.2, -0.15) is 5.10 Å². The summed E-state index contributed by atoms with van der Waals surface area (Å²) in [5, 5.41) is 12.9. The van der Waals surface area contributed by atoms with E-state index >= 15 is 0 Å². The molecule has 0 radical (unpaired) electrons. The molecule has 2 aromatic carbocycles. The second-order valence-electron chi connectivity index (χ2n) is 14.9. The zero-order chi connectivity index (χ0) is 38.1. The van der Waals surface area contributed by atoms with Crippen LogP contribution in [0.5, 0.6) is 0 Å². The summed E-state index contributed by atoms with van der Waals surface area (Å²) in [5.41, 5.74) is 1.93. The Kier molecular flexibility index (Phi) is 12.9. The summed E-state index contributed by atoms with van der Waals surface area (Å²) in [6.07, 6.45) is 6.37. The number of hydrogen-bond donors (Lipinski definition) is 3. The second kappa shape index (κ2) is 17.5. The third kappa shape index (κ3) is 10.5. The molecule has 3 atom stereocenters. The summed E-state index contributed by atoms with van der Waals surface area (Å²) in [5.74, 6) is -1.12. The molecule has 0 unspecified atom stereocenters.